The van der Waals surface area contributed by atoms with E-state index in [4.69, 9.17) is 0 Å². The number of likely N-dealkylation sites (N-methyl/N-ethyl adjacent to an activating group) is 1. The van der Waals surface area contributed by atoms with Gasteiger partial charge < -0.3 is 10.2 Å². The van der Waals surface area contributed by atoms with Crippen molar-refractivity contribution >= 4 is 40.6 Å². The largest absolute Gasteiger partial charge is 0.332 e. The van der Waals surface area contributed by atoms with E-state index in [1.807, 2.05) is 57.2 Å². The lowest BCUT2D eigenvalue weighted by molar-refractivity contribution is -0.116. The number of amides is 2. The highest BCUT2D eigenvalue weighted by molar-refractivity contribution is 7.98. The number of thiophene rings is 1. The van der Waals surface area contributed by atoms with E-state index in [0.29, 0.717) is 5.56 Å². The summed E-state index contributed by atoms with van der Waals surface area (Å²) >= 11 is 3.30. The SMILES string of the molecule is Cc1cc(C)c(NC(=O)CN(C)C(=O)c2ccccc2SCc2ccsc2)c(C)c1. The third-order valence-corrected chi connectivity index (χ3v) is 6.64. The minimum atomic E-state index is -0.204. The molecule has 0 aliphatic carbocycles. The molecule has 0 atom stereocenters. The molecule has 0 spiro atoms. The fourth-order valence-electron chi connectivity index (χ4n) is 3.35. The fourth-order valence-corrected chi connectivity index (χ4v) is 5.12. The predicted molar refractivity (Wildman–Crippen MR) is 127 cm³/mol. The molecule has 3 aromatic rings. The number of carbonyl (C=O) groups excluding carboxylic acids is 2. The Balaban J connectivity index is 1.66. The van der Waals surface area contributed by atoms with E-state index in [-0.39, 0.29) is 18.4 Å². The van der Waals surface area contributed by atoms with Gasteiger partial charge in [0, 0.05) is 23.4 Å². The van der Waals surface area contributed by atoms with Crippen LogP contribution in [-0.2, 0) is 10.5 Å². The van der Waals surface area contributed by atoms with E-state index in [1.165, 1.54) is 10.5 Å². The van der Waals surface area contributed by atoms with E-state index in [2.05, 4.69) is 22.1 Å². The highest BCUT2D eigenvalue weighted by atomic mass is 32.2. The molecule has 0 saturated carbocycles. The minimum absolute atomic E-state index is 0.00484. The molecule has 0 aliphatic rings. The van der Waals surface area contributed by atoms with Crippen LogP contribution in [0.3, 0.4) is 0 Å². The van der Waals surface area contributed by atoms with Crippen LogP contribution in [0.25, 0.3) is 0 Å². The highest BCUT2D eigenvalue weighted by Crippen LogP contribution is 2.28. The van der Waals surface area contributed by atoms with Crippen molar-refractivity contribution in [2.24, 2.45) is 0 Å². The Morgan fingerprint density at radius 1 is 1.07 bits per heavy atom. The maximum absolute atomic E-state index is 13.0. The van der Waals surface area contributed by atoms with Crippen molar-refractivity contribution < 1.29 is 9.59 Å². The van der Waals surface area contributed by atoms with Gasteiger partial charge in [0.2, 0.25) is 5.91 Å². The van der Waals surface area contributed by atoms with Crippen molar-refractivity contribution in [3.8, 4) is 0 Å². The Morgan fingerprint density at radius 2 is 1.77 bits per heavy atom. The highest BCUT2D eigenvalue weighted by Gasteiger charge is 2.19. The quantitative estimate of drug-likeness (QED) is 0.483. The fraction of sp³-hybridized carbons (Fsp3) is 0.250. The van der Waals surface area contributed by atoms with Gasteiger partial charge in [0.1, 0.15) is 0 Å². The van der Waals surface area contributed by atoms with Crippen LogP contribution in [0, 0.1) is 20.8 Å². The maximum atomic E-state index is 13.0. The lowest BCUT2D eigenvalue weighted by Gasteiger charge is -2.20. The number of thioether (sulfide) groups is 1. The van der Waals surface area contributed by atoms with E-state index >= 15 is 0 Å². The first-order valence-corrected chi connectivity index (χ1v) is 11.6. The lowest BCUT2D eigenvalue weighted by Crippen LogP contribution is -2.35. The number of aryl methyl sites for hydroxylation is 3. The van der Waals surface area contributed by atoms with Crippen LogP contribution in [0.5, 0.6) is 0 Å². The second-order valence-corrected chi connectivity index (χ2v) is 9.20. The first kappa shape index (κ1) is 22.1. The molecule has 0 aliphatic heterocycles. The number of carbonyl (C=O) groups is 2. The van der Waals surface area contributed by atoms with Gasteiger partial charge in [-0.15, -0.1) is 11.8 Å². The van der Waals surface area contributed by atoms with Gasteiger partial charge >= 0.3 is 0 Å². The van der Waals surface area contributed by atoms with Crippen LogP contribution in [0.15, 0.2) is 58.1 Å². The number of nitrogens with zero attached hydrogens (tertiary/aromatic N) is 1. The monoisotopic (exact) mass is 438 g/mol. The standard InChI is InChI=1S/C24H26N2O2S2/c1-16-11-17(2)23(18(3)12-16)25-22(27)13-26(4)24(28)20-7-5-6-8-21(20)30-15-19-9-10-29-14-19/h5-12,14H,13,15H2,1-4H3,(H,25,27). The number of anilines is 1. The van der Waals surface area contributed by atoms with Gasteiger partial charge in [-0.1, -0.05) is 29.8 Å². The van der Waals surface area contributed by atoms with Gasteiger partial charge in [0.05, 0.1) is 12.1 Å². The van der Waals surface area contributed by atoms with Gasteiger partial charge in [0.25, 0.3) is 5.91 Å². The van der Waals surface area contributed by atoms with Gasteiger partial charge in [-0.2, -0.15) is 11.3 Å². The van der Waals surface area contributed by atoms with Gasteiger partial charge in [-0.3, -0.25) is 9.59 Å². The maximum Gasteiger partial charge on any atom is 0.255 e. The van der Waals surface area contributed by atoms with Crippen LogP contribution in [0.4, 0.5) is 5.69 Å². The van der Waals surface area contributed by atoms with E-state index in [9.17, 15) is 9.59 Å². The summed E-state index contributed by atoms with van der Waals surface area (Å²) in [5.74, 6) is 0.449. The van der Waals surface area contributed by atoms with E-state index in [1.54, 1.807) is 30.1 Å². The summed E-state index contributed by atoms with van der Waals surface area (Å²) in [6, 6.07) is 13.7. The zero-order valence-corrected chi connectivity index (χ0v) is 19.3. The Morgan fingerprint density at radius 3 is 2.43 bits per heavy atom. The zero-order chi connectivity index (χ0) is 21.7. The normalized spacial score (nSPS) is 10.7. The Kier molecular flexibility index (Phi) is 7.34. The third kappa shape index (κ3) is 5.52. The summed E-state index contributed by atoms with van der Waals surface area (Å²) in [5.41, 5.74) is 5.87. The smallest absolute Gasteiger partial charge is 0.255 e. The molecular weight excluding hydrogens is 412 g/mol. The molecule has 6 heteroatoms. The first-order chi connectivity index (χ1) is 14.3. The molecule has 2 aromatic carbocycles. The molecule has 30 heavy (non-hydrogen) atoms. The molecule has 4 nitrogen and oxygen atoms in total. The molecule has 0 fully saturated rings. The zero-order valence-electron chi connectivity index (χ0n) is 17.7. The average Bonchev–Trinajstić information content (AvgIpc) is 3.22. The Hall–Kier alpha value is -2.57. The summed E-state index contributed by atoms with van der Waals surface area (Å²) in [5, 5.41) is 7.13. The van der Waals surface area contributed by atoms with Crippen molar-refractivity contribution in [3.05, 3.63) is 81.0 Å². The average molecular weight is 439 g/mol. The molecular formula is C24H26N2O2S2. The first-order valence-electron chi connectivity index (χ1n) is 9.71. The summed E-state index contributed by atoms with van der Waals surface area (Å²) in [6.07, 6.45) is 0. The van der Waals surface area contributed by atoms with E-state index in [0.717, 1.165) is 33.0 Å². The van der Waals surface area contributed by atoms with Crippen molar-refractivity contribution in [2.45, 2.75) is 31.4 Å². The molecule has 0 radical (unpaired) electrons. The van der Waals surface area contributed by atoms with Gasteiger partial charge in [-0.25, -0.2) is 0 Å². The second-order valence-electron chi connectivity index (χ2n) is 7.40. The van der Waals surface area contributed by atoms with E-state index < -0.39 is 0 Å². The third-order valence-electron chi connectivity index (χ3n) is 4.76. The van der Waals surface area contributed by atoms with Crippen molar-refractivity contribution in [1.82, 2.24) is 4.90 Å². The molecule has 156 valence electrons. The molecule has 0 bridgehead atoms. The van der Waals surface area contributed by atoms with Crippen molar-refractivity contribution in [1.29, 1.82) is 0 Å². The van der Waals surface area contributed by atoms with Crippen LogP contribution in [0.1, 0.15) is 32.6 Å². The van der Waals surface area contributed by atoms with Crippen LogP contribution in [0.2, 0.25) is 0 Å². The molecule has 0 saturated heterocycles. The number of rotatable bonds is 7. The van der Waals surface area contributed by atoms with Crippen LogP contribution >= 0.6 is 23.1 Å². The predicted octanol–water partition coefficient (Wildman–Crippen LogP) is 5.68. The molecule has 1 heterocycles. The molecule has 2 amide bonds. The lowest BCUT2D eigenvalue weighted by atomic mass is 10.1. The van der Waals surface area contributed by atoms with Crippen LogP contribution in [-0.4, -0.2) is 30.3 Å². The van der Waals surface area contributed by atoms with Crippen LogP contribution < -0.4 is 5.32 Å². The number of hydrogen-bond acceptors (Lipinski definition) is 4. The number of benzene rings is 2. The molecule has 0 unspecified atom stereocenters. The topological polar surface area (TPSA) is 49.4 Å². The molecule has 3 rings (SSSR count). The second kappa shape index (κ2) is 9.96. The molecule has 1 N–H and O–H groups in total. The Bertz CT molecular complexity index is 1020. The Labute approximate surface area is 186 Å². The number of nitrogens with one attached hydrogen (secondary N) is 1. The van der Waals surface area contributed by atoms with Crippen molar-refractivity contribution in [2.75, 3.05) is 18.9 Å². The van der Waals surface area contributed by atoms with Crippen molar-refractivity contribution in [3.63, 3.8) is 0 Å². The summed E-state index contributed by atoms with van der Waals surface area (Å²) in [4.78, 5) is 28.0. The molecule has 1 aromatic heterocycles. The summed E-state index contributed by atoms with van der Waals surface area (Å²) in [6.45, 7) is 5.98. The summed E-state index contributed by atoms with van der Waals surface area (Å²) < 4.78 is 0. The van der Waals surface area contributed by atoms with Gasteiger partial charge in [-0.05, 0) is 66.4 Å². The minimum Gasteiger partial charge on any atom is -0.332 e. The summed E-state index contributed by atoms with van der Waals surface area (Å²) in [7, 11) is 1.66. The number of hydrogen-bond donors (Lipinski definition) is 1. The van der Waals surface area contributed by atoms with Gasteiger partial charge in [0.15, 0.2) is 0 Å².